The Balaban J connectivity index is 2.07. The Morgan fingerprint density at radius 3 is 2.81 bits per heavy atom. The molecule has 0 amide bonds. The zero-order valence-corrected chi connectivity index (χ0v) is 12.7. The molecule has 7 nitrogen and oxygen atoms in total. The summed E-state index contributed by atoms with van der Waals surface area (Å²) in [4.78, 5) is 19.6. The van der Waals surface area contributed by atoms with Gasteiger partial charge in [0.15, 0.2) is 0 Å². The summed E-state index contributed by atoms with van der Waals surface area (Å²) in [6.45, 7) is 8.35. The van der Waals surface area contributed by atoms with Crippen LogP contribution in [-0.4, -0.2) is 58.3 Å². The number of allylic oxidation sites excluding steroid dienone is 1. The number of hydrogen-bond donors (Lipinski definition) is 1. The number of aliphatic carboxylic acids is 1. The summed E-state index contributed by atoms with van der Waals surface area (Å²) in [6.07, 6.45) is 2.73. The van der Waals surface area contributed by atoms with Crippen molar-refractivity contribution >= 4 is 11.9 Å². The first-order valence-corrected chi connectivity index (χ1v) is 7.19. The van der Waals surface area contributed by atoms with E-state index in [1.54, 1.807) is 0 Å². The van der Waals surface area contributed by atoms with Gasteiger partial charge in [0, 0.05) is 32.6 Å². The van der Waals surface area contributed by atoms with E-state index >= 15 is 0 Å². The average molecular weight is 294 g/mol. The van der Waals surface area contributed by atoms with Crippen molar-refractivity contribution < 1.29 is 14.4 Å². The molecule has 1 fully saturated rings. The van der Waals surface area contributed by atoms with Crippen molar-refractivity contribution in [2.45, 2.75) is 33.2 Å². The molecule has 0 aliphatic carbocycles. The number of carbonyl (C=O) groups is 1. The van der Waals surface area contributed by atoms with Gasteiger partial charge in [0.2, 0.25) is 5.89 Å². The fourth-order valence-electron chi connectivity index (χ4n) is 2.27. The third kappa shape index (κ3) is 3.81. The van der Waals surface area contributed by atoms with Gasteiger partial charge in [0.1, 0.15) is 6.04 Å². The molecular weight excluding hydrogens is 272 g/mol. The third-order valence-electron chi connectivity index (χ3n) is 3.55. The minimum Gasteiger partial charge on any atom is -0.480 e. The Morgan fingerprint density at radius 2 is 2.24 bits per heavy atom. The van der Waals surface area contributed by atoms with Gasteiger partial charge >= 0.3 is 5.97 Å². The van der Waals surface area contributed by atoms with E-state index < -0.39 is 12.0 Å². The molecule has 7 heteroatoms. The number of carboxylic acid groups (broad SMARTS) is 1. The summed E-state index contributed by atoms with van der Waals surface area (Å²) in [7, 11) is 0. The summed E-state index contributed by atoms with van der Waals surface area (Å²) in [6, 6.07) is -0.557. The second-order valence-electron chi connectivity index (χ2n) is 5.42. The van der Waals surface area contributed by atoms with Gasteiger partial charge in [-0.15, -0.1) is 0 Å². The van der Waals surface area contributed by atoms with Gasteiger partial charge < -0.3 is 14.5 Å². The lowest BCUT2D eigenvalue weighted by atomic mass is 10.1. The minimum absolute atomic E-state index is 0.370. The Labute approximate surface area is 124 Å². The van der Waals surface area contributed by atoms with E-state index in [1.165, 1.54) is 5.57 Å². The topological polar surface area (TPSA) is 82.7 Å². The molecule has 0 radical (unpaired) electrons. The van der Waals surface area contributed by atoms with Crippen molar-refractivity contribution in [1.82, 2.24) is 15.0 Å². The first-order valence-electron chi connectivity index (χ1n) is 7.19. The van der Waals surface area contributed by atoms with E-state index in [0.29, 0.717) is 44.4 Å². The number of piperazine rings is 1. The van der Waals surface area contributed by atoms with Gasteiger partial charge in [-0.25, -0.2) is 0 Å². The molecule has 1 saturated heterocycles. The predicted octanol–water partition coefficient (Wildman–Crippen LogP) is 1.17. The van der Waals surface area contributed by atoms with Crippen LogP contribution in [0.2, 0.25) is 0 Å². The number of carboxylic acids is 1. The molecule has 1 aliphatic rings. The van der Waals surface area contributed by atoms with Gasteiger partial charge in [-0.05, 0) is 19.0 Å². The molecule has 1 unspecified atom stereocenters. The van der Waals surface area contributed by atoms with Crippen molar-refractivity contribution in [3.8, 4) is 0 Å². The molecule has 1 N–H and O–H groups in total. The second-order valence-corrected chi connectivity index (χ2v) is 5.42. The molecule has 0 aromatic carbocycles. The number of nitrogens with zero attached hydrogens (tertiary/aromatic N) is 4. The van der Waals surface area contributed by atoms with Gasteiger partial charge in [0.25, 0.3) is 5.95 Å². The van der Waals surface area contributed by atoms with Gasteiger partial charge in [-0.1, -0.05) is 18.6 Å². The fraction of sp³-hybridized carbons (Fsp3) is 0.643. The maximum atomic E-state index is 11.5. The van der Waals surface area contributed by atoms with Crippen LogP contribution in [0.1, 0.15) is 26.7 Å². The molecule has 2 heterocycles. The van der Waals surface area contributed by atoms with Crippen LogP contribution in [0.15, 0.2) is 16.2 Å². The van der Waals surface area contributed by atoms with Crippen LogP contribution in [0.3, 0.4) is 0 Å². The summed E-state index contributed by atoms with van der Waals surface area (Å²) < 4.78 is 5.10. The van der Waals surface area contributed by atoms with Gasteiger partial charge in [-0.3, -0.25) is 9.69 Å². The third-order valence-corrected chi connectivity index (χ3v) is 3.55. The van der Waals surface area contributed by atoms with Crippen LogP contribution >= 0.6 is 0 Å². The van der Waals surface area contributed by atoms with Crippen LogP contribution in [0.25, 0.3) is 0 Å². The van der Waals surface area contributed by atoms with Crippen LogP contribution in [0.5, 0.6) is 0 Å². The normalized spacial score (nSPS) is 19.6. The molecule has 1 atom stereocenters. The smallest absolute Gasteiger partial charge is 0.322 e. The van der Waals surface area contributed by atoms with E-state index in [1.807, 2.05) is 30.6 Å². The Bertz CT molecular complexity index is 522. The average Bonchev–Trinajstić information content (AvgIpc) is 2.93. The summed E-state index contributed by atoms with van der Waals surface area (Å²) in [5.74, 6) is 0.241. The summed E-state index contributed by atoms with van der Waals surface area (Å²) in [5, 5.41) is 13.4. The lowest BCUT2D eigenvalue weighted by Crippen LogP contribution is -2.56. The predicted molar refractivity (Wildman–Crippen MR) is 78.3 cm³/mol. The van der Waals surface area contributed by atoms with Crippen molar-refractivity contribution in [3.05, 3.63) is 17.5 Å². The maximum Gasteiger partial charge on any atom is 0.322 e. The van der Waals surface area contributed by atoms with Crippen molar-refractivity contribution in [2.24, 2.45) is 0 Å². The molecule has 1 aromatic heterocycles. The molecule has 0 bridgehead atoms. The molecule has 21 heavy (non-hydrogen) atoms. The molecule has 116 valence electrons. The van der Waals surface area contributed by atoms with Gasteiger partial charge in [-0.2, -0.15) is 4.98 Å². The van der Waals surface area contributed by atoms with Crippen molar-refractivity contribution in [2.75, 3.05) is 31.1 Å². The highest BCUT2D eigenvalue weighted by Crippen LogP contribution is 2.17. The Kier molecular flexibility index (Phi) is 4.95. The summed E-state index contributed by atoms with van der Waals surface area (Å²) in [5.41, 5.74) is 1.19. The molecule has 0 spiro atoms. The zero-order chi connectivity index (χ0) is 15.4. The van der Waals surface area contributed by atoms with Crippen LogP contribution in [0, 0.1) is 0 Å². The second kappa shape index (κ2) is 6.71. The number of rotatable bonds is 5. The highest BCUT2D eigenvalue weighted by atomic mass is 16.5. The highest BCUT2D eigenvalue weighted by molar-refractivity contribution is 5.74. The first-order chi connectivity index (χ1) is 10.0. The standard InChI is InChI=1S/C14H22N4O3/c1-4-12-15-14(16-21-12)18-8-7-17(6-5-10(2)3)11(9-18)13(19)20/h5,11H,4,6-9H2,1-3H3,(H,19,20). The van der Waals surface area contributed by atoms with E-state index in [4.69, 9.17) is 4.52 Å². The zero-order valence-electron chi connectivity index (χ0n) is 12.7. The summed E-state index contributed by atoms with van der Waals surface area (Å²) >= 11 is 0. The van der Waals surface area contributed by atoms with E-state index in [2.05, 4.69) is 16.2 Å². The largest absolute Gasteiger partial charge is 0.480 e. The molecule has 1 aromatic rings. The Morgan fingerprint density at radius 1 is 1.48 bits per heavy atom. The van der Waals surface area contributed by atoms with Crippen LogP contribution in [0.4, 0.5) is 5.95 Å². The molecule has 2 rings (SSSR count). The molecule has 0 saturated carbocycles. The van der Waals surface area contributed by atoms with E-state index in [9.17, 15) is 9.90 Å². The van der Waals surface area contributed by atoms with Crippen LogP contribution in [-0.2, 0) is 11.2 Å². The van der Waals surface area contributed by atoms with Gasteiger partial charge in [0.05, 0.1) is 0 Å². The number of aryl methyl sites for hydroxylation is 1. The number of aromatic nitrogens is 2. The first kappa shape index (κ1) is 15.5. The van der Waals surface area contributed by atoms with E-state index in [0.717, 1.165) is 0 Å². The fourth-order valence-corrected chi connectivity index (χ4v) is 2.27. The van der Waals surface area contributed by atoms with Crippen molar-refractivity contribution in [3.63, 3.8) is 0 Å². The van der Waals surface area contributed by atoms with Crippen molar-refractivity contribution in [1.29, 1.82) is 0 Å². The van der Waals surface area contributed by atoms with Crippen LogP contribution < -0.4 is 4.90 Å². The SMILES string of the molecule is CCc1nc(N2CCN(CC=C(C)C)C(C(=O)O)C2)no1. The lowest BCUT2D eigenvalue weighted by Gasteiger charge is -2.38. The highest BCUT2D eigenvalue weighted by Gasteiger charge is 2.33. The molecule has 1 aliphatic heterocycles. The number of hydrogen-bond acceptors (Lipinski definition) is 6. The van der Waals surface area contributed by atoms with E-state index in [-0.39, 0.29) is 0 Å². The minimum atomic E-state index is -0.818. The Hall–Kier alpha value is -1.89. The monoisotopic (exact) mass is 294 g/mol. The quantitative estimate of drug-likeness (QED) is 0.816. The lowest BCUT2D eigenvalue weighted by molar-refractivity contribution is -0.143. The number of anilines is 1. The maximum absolute atomic E-state index is 11.5. The molecular formula is C14H22N4O3.